The molecule has 1 aromatic carbocycles. The van der Waals surface area contributed by atoms with E-state index in [2.05, 4.69) is 5.16 Å². The molecular formula is C12H15NO3. The van der Waals surface area contributed by atoms with Gasteiger partial charge in [-0.3, -0.25) is 0 Å². The minimum atomic E-state index is -0.309. The number of nitrogens with zero attached hydrogens (tertiary/aromatic N) is 1. The van der Waals surface area contributed by atoms with E-state index in [-0.39, 0.29) is 5.97 Å². The highest BCUT2D eigenvalue weighted by Gasteiger charge is 2.04. The largest absolute Gasteiger partial charge is 0.462 e. The summed E-state index contributed by atoms with van der Waals surface area (Å²) >= 11 is 0. The lowest BCUT2D eigenvalue weighted by Crippen LogP contribution is -2.04. The smallest absolute Gasteiger partial charge is 0.338 e. The van der Waals surface area contributed by atoms with Crippen LogP contribution in [-0.4, -0.2) is 25.4 Å². The summed E-state index contributed by atoms with van der Waals surface area (Å²) in [5, 5.41) is 3.73. The molecule has 0 radical (unpaired) electrons. The molecule has 0 bridgehead atoms. The Morgan fingerprint density at radius 2 is 1.94 bits per heavy atom. The van der Waals surface area contributed by atoms with Crippen LogP contribution in [-0.2, 0) is 9.57 Å². The maximum absolute atomic E-state index is 11.3. The zero-order valence-corrected chi connectivity index (χ0v) is 9.47. The lowest BCUT2D eigenvalue weighted by atomic mass is 10.1. The van der Waals surface area contributed by atoms with Crippen LogP contribution in [0.1, 0.15) is 29.8 Å². The topological polar surface area (TPSA) is 47.9 Å². The SMILES string of the molecule is CCON=Cc1ccc(C(=O)OCC)cc1. The van der Waals surface area contributed by atoms with Crippen molar-refractivity contribution in [2.75, 3.05) is 13.2 Å². The Labute approximate surface area is 94.9 Å². The van der Waals surface area contributed by atoms with Crippen LogP contribution >= 0.6 is 0 Å². The monoisotopic (exact) mass is 221 g/mol. The molecular weight excluding hydrogens is 206 g/mol. The maximum Gasteiger partial charge on any atom is 0.338 e. The maximum atomic E-state index is 11.3. The minimum absolute atomic E-state index is 0.309. The van der Waals surface area contributed by atoms with Crippen LogP contribution in [0.3, 0.4) is 0 Å². The van der Waals surface area contributed by atoms with Crippen molar-refractivity contribution in [1.82, 2.24) is 0 Å². The summed E-state index contributed by atoms with van der Waals surface area (Å²) in [6.45, 7) is 4.56. The fourth-order valence-electron chi connectivity index (χ4n) is 1.09. The summed E-state index contributed by atoms with van der Waals surface area (Å²) in [6.07, 6.45) is 1.60. The Kier molecular flexibility index (Phi) is 5.05. The first-order valence-corrected chi connectivity index (χ1v) is 5.20. The fourth-order valence-corrected chi connectivity index (χ4v) is 1.09. The minimum Gasteiger partial charge on any atom is -0.462 e. The van der Waals surface area contributed by atoms with Crippen LogP contribution in [0.15, 0.2) is 29.4 Å². The first-order chi connectivity index (χ1) is 7.77. The van der Waals surface area contributed by atoms with Gasteiger partial charge in [0.2, 0.25) is 0 Å². The van der Waals surface area contributed by atoms with E-state index >= 15 is 0 Å². The number of benzene rings is 1. The molecule has 4 nitrogen and oxygen atoms in total. The molecule has 0 atom stereocenters. The highest BCUT2D eigenvalue weighted by atomic mass is 16.6. The Hall–Kier alpha value is -1.84. The lowest BCUT2D eigenvalue weighted by molar-refractivity contribution is 0.0526. The number of esters is 1. The van der Waals surface area contributed by atoms with E-state index in [0.29, 0.717) is 18.8 Å². The molecule has 0 saturated carbocycles. The molecule has 0 saturated heterocycles. The number of ether oxygens (including phenoxy) is 1. The number of hydrogen-bond donors (Lipinski definition) is 0. The van der Waals surface area contributed by atoms with Gasteiger partial charge in [0.25, 0.3) is 0 Å². The van der Waals surface area contributed by atoms with E-state index in [0.717, 1.165) is 5.56 Å². The fraction of sp³-hybridized carbons (Fsp3) is 0.333. The Morgan fingerprint density at radius 1 is 1.25 bits per heavy atom. The van der Waals surface area contributed by atoms with Crippen molar-refractivity contribution in [2.45, 2.75) is 13.8 Å². The number of carbonyl (C=O) groups is 1. The van der Waals surface area contributed by atoms with Crippen molar-refractivity contribution in [1.29, 1.82) is 0 Å². The third-order valence-electron chi connectivity index (χ3n) is 1.83. The van der Waals surface area contributed by atoms with Crippen molar-refractivity contribution < 1.29 is 14.4 Å². The zero-order chi connectivity index (χ0) is 11.8. The molecule has 0 aromatic heterocycles. The van der Waals surface area contributed by atoms with E-state index in [4.69, 9.17) is 9.57 Å². The first-order valence-electron chi connectivity index (χ1n) is 5.20. The Balaban J connectivity index is 2.64. The molecule has 1 aromatic rings. The van der Waals surface area contributed by atoms with E-state index in [1.165, 1.54) is 0 Å². The van der Waals surface area contributed by atoms with Crippen molar-refractivity contribution in [3.63, 3.8) is 0 Å². The molecule has 4 heteroatoms. The zero-order valence-electron chi connectivity index (χ0n) is 9.47. The first kappa shape index (κ1) is 12.2. The van der Waals surface area contributed by atoms with Crippen LogP contribution in [0.25, 0.3) is 0 Å². The van der Waals surface area contributed by atoms with Gasteiger partial charge in [-0.05, 0) is 31.5 Å². The van der Waals surface area contributed by atoms with E-state index in [1.807, 2.05) is 6.92 Å². The third kappa shape index (κ3) is 3.73. The Morgan fingerprint density at radius 3 is 2.50 bits per heavy atom. The molecule has 86 valence electrons. The van der Waals surface area contributed by atoms with Gasteiger partial charge in [0.1, 0.15) is 6.61 Å². The molecule has 0 heterocycles. The summed E-state index contributed by atoms with van der Waals surface area (Å²) < 4.78 is 4.87. The van der Waals surface area contributed by atoms with Gasteiger partial charge in [-0.2, -0.15) is 0 Å². The molecule has 16 heavy (non-hydrogen) atoms. The third-order valence-corrected chi connectivity index (χ3v) is 1.83. The van der Waals surface area contributed by atoms with Crippen LogP contribution in [0.4, 0.5) is 0 Å². The highest BCUT2D eigenvalue weighted by Crippen LogP contribution is 2.04. The number of carbonyl (C=O) groups excluding carboxylic acids is 1. The van der Waals surface area contributed by atoms with E-state index < -0.39 is 0 Å². The molecule has 0 amide bonds. The predicted octanol–water partition coefficient (Wildman–Crippen LogP) is 2.23. The van der Waals surface area contributed by atoms with E-state index in [9.17, 15) is 4.79 Å². The predicted molar refractivity (Wildman–Crippen MR) is 61.6 cm³/mol. The molecule has 0 spiro atoms. The van der Waals surface area contributed by atoms with Gasteiger partial charge in [-0.1, -0.05) is 17.3 Å². The second-order valence-electron chi connectivity index (χ2n) is 2.99. The van der Waals surface area contributed by atoms with Crippen molar-refractivity contribution in [2.24, 2.45) is 5.16 Å². The lowest BCUT2D eigenvalue weighted by Gasteiger charge is -2.01. The summed E-state index contributed by atoms with van der Waals surface area (Å²) in [6, 6.07) is 6.97. The second kappa shape index (κ2) is 6.61. The normalized spacial score (nSPS) is 10.4. The molecule has 0 aliphatic heterocycles. The summed E-state index contributed by atoms with van der Waals surface area (Å²) in [5.41, 5.74) is 1.41. The van der Waals surface area contributed by atoms with Gasteiger partial charge in [0.05, 0.1) is 18.4 Å². The highest BCUT2D eigenvalue weighted by molar-refractivity contribution is 5.90. The molecule has 0 unspecified atom stereocenters. The van der Waals surface area contributed by atoms with Crippen LogP contribution in [0.5, 0.6) is 0 Å². The second-order valence-corrected chi connectivity index (χ2v) is 2.99. The quantitative estimate of drug-likeness (QED) is 0.435. The molecule has 0 aliphatic rings. The standard InChI is InChI=1S/C12H15NO3/c1-3-15-12(14)11-7-5-10(6-8-11)9-13-16-4-2/h5-9H,3-4H2,1-2H3. The summed E-state index contributed by atoms with van der Waals surface area (Å²) in [4.78, 5) is 16.2. The van der Waals surface area contributed by atoms with Crippen LogP contribution in [0.2, 0.25) is 0 Å². The molecule has 0 aliphatic carbocycles. The van der Waals surface area contributed by atoms with Gasteiger partial charge in [0, 0.05) is 0 Å². The average molecular weight is 221 g/mol. The number of hydrogen-bond acceptors (Lipinski definition) is 4. The van der Waals surface area contributed by atoms with Crippen LogP contribution < -0.4 is 0 Å². The summed E-state index contributed by atoms with van der Waals surface area (Å²) in [5.74, 6) is -0.309. The summed E-state index contributed by atoms with van der Waals surface area (Å²) in [7, 11) is 0. The van der Waals surface area contributed by atoms with Gasteiger partial charge in [-0.15, -0.1) is 0 Å². The average Bonchev–Trinajstić information content (AvgIpc) is 2.30. The molecule has 0 fully saturated rings. The van der Waals surface area contributed by atoms with Crippen molar-refractivity contribution >= 4 is 12.2 Å². The van der Waals surface area contributed by atoms with Gasteiger partial charge in [0.15, 0.2) is 0 Å². The van der Waals surface area contributed by atoms with Gasteiger partial charge in [-0.25, -0.2) is 4.79 Å². The number of rotatable bonds is 5. The van der Waals surface area contributed by atoms with E-state index in [1.54, 1.807) is 37.4 Å². The van der Waals surface area contributed by atoms with Crippen molar-refractivity contribution in [3.05, 3.63) is 35.4 Å². The van der Waals surface area contributed by atoms with Gasteiger partial charge >= 0.3 is 5.97 Å². The Bertz CT molecular complexity index is 357. The number of oxime groups is 1. The molecule has 1 rings (SSSR count). The van der Waals surface area contributed by atoms with Crippen LogP contribution in [0, 0.1) is 0 Å². The van der Waals surface area contributed by atoms with Crippen molar-refractivity contribution in [3.8, 4) is 0 Å². The molecule has 0 N–H and O–H groups in total. The van der Waals surface area contributed by atoms with Gasteiger partial charge < -0.3 is 9.57 Å².